The Morgan fingerprint density at radius 3 is 2.94 bits per heavy atom. The first-order valence-corrected chi connectivity index (χ1v) is 7.01. The minimum atomic E-state index is 0.278. The van der Waals surface area contributed by atoms with E-state index in [0.29, 0.717) is 0 Å². The highest BCUT2D eigenvalue weighted by Crippen LogP contribution is 2.35. The molecular formula is C14H19ClN2O. The first-order chi connectivity index (χ1) is 8.72. The van der Waals surface area contributed by atoms with Gasteiger partial charge in [-0.2, -0.15) is 0 Å². The van der Waals surface area contributed by atoms with Crippen LogP contribution < -0.4 is 10.1 Å². The number of piperazine rings is 1. The molecule has 3 nitrogen and oxygen atoms in total. The van der Waals surface area contributed by atoms with E-state index in [-0.39, 0.29) is 6.10 Å². The van der Waals surface area contributed by atoms with Crippen molar-refractivity contribution in [1.82, 2.24) is 10.2 Å². The summed E-state index contributed by atoms with van der Waals surface area (Å²) in [6.07, 6.45) is 1.25. The summed E-state index contributed by atoms with van der Waals surface area (Å²) in [5.41, 5.74) is 2.50. The van der Waals surface area contributed by atoms with Gasteiger partial charge in [-0.25, -0.2) is 0 Å². The van der Waals surface area contributed by atoms with Gasteiger partial charge in [0.05, 0.1) is 0 Å². The van der Waals surface area contributed by atoms with Gasteiger partial charge in [-0.1, -0.05) is 11.6 Å². The van der Waals surface area contributed by atoms with Gasteiger partial charge in [0.2, 0.25) is 0 Å². The summed E-state index contributed by atoms with van der Waals surface area (Å²) < 4.78 is 5.93. The van der Waals surface area contributed by atoms with E-state index >= 15 is 0 Å². The Bertz CT molecular complexity index is 444. The van der Waals surface area contributed by atoms with Crippen molar-refractivity contribution in [2.24, 2.45) is 0 Å². The second kappa shape index (κ2) is 5.08. The molecule has 1 fully saturated rings. The topological polar surface area (TPSA) is 24.5 Å². The summed E-state index contributed by atoms with van der Waals surface area (Å²) in [7, 11) is 0. The smallest absolute Gasteiger partial charge is 0.127 e. The van der Waals surface area contributed by atoms with Crippen LogP contribution in [0.1, 0.15) is 18.1 Å². The maximum Gasteiger partial charge on any atom is 0.127 e. The van der Waals surface area contributed by atoms with Crippen molar-refractivity contribution in [2.75, 3.05) is 26.2 Å². The van der Waals surface area contributed by atoms with Crippen molar-refractivity contribution in [2.45, 2.75) is 26.0 Å². The van der Waals surface area contributed by atoms with Gasteiger partial charge >= 0.3 is 0 Å². The zero-order chi connectivity index (χ0) is 12.5. The molecule has 2 heterocycles. The third-order valence-electron chi connectivity index (χ3n) is 3.64. The Balaban J connectivity index is 1.83. The maximum absolute atomic E-state index is 6.21. The molecular weight excluding hydrogens is 248 g/mol. The third-order valence-corrected chi connectivity index (χ3v) is 3.86. The summed E-state index contributed by atoms with van der Waals surface area (Å²) in [5.74, 6) is 1.07. The number of nitrogens with one attached hydrogen (secondary N) is 1. The number of nitrogens with zero attached hydrogens (tertiary/aromatic N) is 1. The molecule has 0 saturated carbocycles. The molecule has 18 heavy (non-hydrogen) atoms. The van der Waals surface area contributed by atoms with E-state index in [4.69, 9.17) is 16.3 Å². The van der Waals surface area contributed by atoms with E-state index in [2.05, 4.69) is 23.2 Å². The van der Waals surface area contributed by atoms with Gasteiger partial charge in [0.1, 0.15) is 11.9 Å². The number of rotatable bonds is 2. The number of benzene rings is 1. The Morgan fingerprint density at radius 2 is 2.17 bits per heavy atom. The number of hydrogen-bond acceptors (Lipinski definition) is 3. The van der Waals surface area contributed by atoms with Crippen LogP contribution in [0.5, 0.6) is 5.75 Å². The molecule has 1 unspecified atom stereocenters. The molecule has 1 aromatic carbocycles. The van der Waals surface area contributed by atoms with E-state index in [1.165, 1.54) is 11.1 Å². The van der Waals surface area contributed by atoms with E-state index in [1.54, 1.807) is 0 Å². The van der Waals surface area contributed by atoms with E-state index in [0.717, 1.165) is 49.9 Å². The van der Waals surface area contributed by atoms with Gasteiger partial charge in [0, 0.05) is 49.7 Å². The highest BCUT2D eigenvalue weighted by molar-refractivity contribution is 6.30. The van der Waals surface area contributed by atoms with Gasteiger partial charge in [-0.15, -0.1) is 0 Å². The molecule has 0 aromatic heterocycles. The number of ether oxygens (including phenoxy) is 1. The molecule has 0 bridgehead atoms. The molecule has 4 heteroatoms. The van der Waals surface area contributed by atoms with E-state index in [1.807, 2.05) is 6.07 Å². The van der Waals surface area contributed by atoms with Crippen LogP contribution in [0.3, 0.4) is 0 Å². The Morgan fingerprint density at radius 1 is 1.39 bits per heavy atom. The maximum atomic E-state index is 6.21. The molecule has 0 radical (unpaired) electrons. The predicted octanol–water partition coefficient (Wildman–Crippen LogP) is 2.07. The highest BCUT2D eigenvalue weighted by Gasteiger charge is 2.24. The lowest BCUT2D eigenvalue weighted by Crippen LogP contribution is -2.42. The summed E-state index contributed by atoms with van der Waals surface area (Å²) in [5, 5.41) is 4.20. The lowest BCUT2D eigenvalue weighted by Gasteiger charge is -2.27. The molecule has 98 valence electrons. The largest absolute Gasteiger partial charge is 0.490 e. The highest BCUT2D eigenvalue weighted by atomic mass is 35.5. The molecule has 1 saturated heterocycles. The average Bonchev–Trinajstić information content (AvgIpc) is 2.71. The van der Waals surface area contributed by atoms with Crippen molar-refractivity contribution in [1.29, 1.82) is 0 Å². The average molecular weight is 267 g/mol. The molecule has 2 aliphatic rings. The van der Waals surface area contributed by atoms with E-state index < -0.39 is 0 Å². The normalized spacial score (nSPS) is 23.8. The van der Waals surface area contributed by atoms with Crippen molar-refractivity contribution < 1.29 is 4.74 Å². The van der Waals surface area contributed by atoms with Crippen LogP contribution in [-0.2, 0) is 13.0 Å². The monoisotopic (exact) mass is 266 g/mol. The Hall–Kier alpha value is -0.770. The fraction of sp³-hybridized carbons (Fsp3) is 0.571. The van der Waals surface area contributed by atoms with Crippen LogP contribution >= 0.6 is 11.6 Å². The van der Waals surface area contributed by atoms with Gasteiger partial charge in [-0.3, -0.25) is 4.90 Å². The Labute approximate surface area is 113 Å². The van der Waals surface area contributed by atoms with Crippen molar-refractivity contribution in [3.8, 4) is 5.75 Å². The Kier molecular flexibility index (Phi) is 3.46. The predicted molar refractivity (Wildman–Crippen MR) is 73.4 cm³/mol. The van der Waals surface area contributed by atoms with E-state index in [9.17, 15) is 0 Å². The van der Waals surface area contributed by atoms with Crippen LogP contribution in [0.25, 0.3) is 0 Å². The van der Waals surface area contributed by atoms with Crippen molar-refractivity contribution in [3.63, 3.8) is 0 Å². The van der Waals surface area contributed by atoms with Crippen LogP contribution in [0.4, 0.5) is 0 Å². The SMILES string of the molecule is CC1Cc2cc(Cl)cc(CN3CCNCC3)c2O1. The first-order valence-electron chi connectivity index (χ1n) is 6.63. The van der Waals surface area contributed by atoms with Crippen LogP contribution in [0.15, 0.2) is 12.1 Å². The number of fused-ring (bicyclic) bond motifs is 1. The van der Waals surface area contributed by atoms with Gasteiger partial charge in [0.15, 0.2) is 0 Å². The molecule has 1 aromatic rings. The number of halogens is 1. The van der Waals surface area contributed by atoms with Gasteiger partial charge < -0.3 is 10.1 Å². The van der Waals surface area contributed by atoms with Crippen LogP contribution in [-0.4, -0.2) is 37.2 Å². The minimum absolute atomic E-state index is 0.278. The van der Waals surface area contributed by atoms with Crippen molar-refractivity contribution >= 4 is 11.6 Å². The summed E-state index contributed by atoms with van der Waals surface area (Å²) in [6, 6.07) is 4.10. The van der Waals surface area contributed by atoms with Crippen molar-refractivity contribution in [3.05, 3.63) is 28.3 Å². The first kappa shape index (κ1) is 12.3. The van der Waals surface area contributed by atoms with Gasteiger partial charge in [-0.05, 0) is 24.6 Å². The zero-order valence-corrected chi connectivity index (χ0v) is 11.5. The summed E-state index contributed by atoms with van der Waals surface area (Å²) in [6.45, 7) is 7.38. The lowest BCUT2D eigenvalue weighted by molar-refractivity contribution is 0.220. The third kappa shape index (κ3) is 2.48. The lowest BCUT2D eigenvalue weighted by atomic mass is 10.1. The van der Waals surface area contributed by atoms with Crippen LogP contribution in [0.2, 0.25) is 5.02 Å². The molecule has 0 aliphatic carbocycles. The van der Waals surface area contributed by atoms with Gasteiger partial charge in [0.25, 0.3) is 0 Å². The summed E-state index contributed by atoms with van der Waals surface area (Å²) >= 11 is 6.21. The zero-order valence-electron chi connectivity index (χ0n) is 10.7. The number of hydrogen-bond donors (Lipinski definition) is 1. The quantitative estimate of drug-likeness (QED) is 0.887. The molecule has 1 N–H and O–H groups in total. The standard InChI is InChI=1S/C14H19ClN2O/c1-10-6-11-7-13(15)8-12(14(11)18-10)9-17-4-2-16-3-5-17/h7-8,10,16H,2-6,9H2,1H3. The second-order valence-corrected chi connectivity index (χ2v) is 5.65. The minimum Gasteiger partial charge on any atom is -0.490 e. The fourth-order valence-corrected chi connectivity index (χ4v) is 3.06. The molecule has 0 spiro atoms. The molecule has 2 aliphatic heterocycles. The molecule has 3 rings (SSSR count). The molecule has 0 amide bonds. The second-order valence-electron chi connectivity index (χ2n) is 5.21. The fourth-order valence-electron chi connectivity index (χ4n) is 2.80. The summed E-state index contributed by atoms with van der Waals surface area (Å²) in [4.78, 5) is 2.45. The van der Waals surface area contributed by atoms with Crippen LogP contribution in [0, 0.1) is 0 Å². The molecule has 1 atom stereocenters.